The standard InChI is InChI=1S/C26H22N2O5S2/c1-2-3-15-32-25(31)19-11-9-17(10-12-19)21-14-13-20(33-21)16-22-24(30)28(26(34)35-22)27-23(29)18-7-5-4-6-8-18/h4-14,16H,2-3,15H2,1H3,(H,27,29)/b22-16+. The van der Waals surface area contributed by atoms with Gasteiger partial charge >= 0.3 is 5.97 Å². The first kappa shape index (κ1) is 24.4. The maximum atomic E-state index is 12.8. The summed E-state index contributed by atoms with van der Waals surface area (Å²) in [5, 5.41) is 1.06. The van der Waals surface area contributed by atoms with Crippen LogP contribution in [0.4, 0.5) is 0 Å². The molecule has 2 heterocycles. The molecule has 0 saturated carbocycles. The third-order valence-corrected chi connectivity index (χ3v) is 6.38. The number of unbranched alkanes of at least 4 members (excludes halogenated alkanes) is 1. The number of nitrogens with one attached hydrogen (secondary N) is 1. The third kappa shape index (κ3) is 5.87. The Morgan fingerprint density at radius 1 is 1.06 bits per heavy atom. The monoisotopic (exact) mass is 506 g/mol. The van der Waals surface area contributed by atoms with Crippen molar-refractivity contribution in [1.29, 1.82) is 0 Å². The van der Waals surface area contributed by atoms with Crippen LogP contribution in [0.5, 0.6) is 0 Å². The molecule has 0 spiro atoms. The van der Waals surface area contributed by atoms with E-state index in [0.29, 0.717) is 34.2 Å². The molecule has 1 aliphatic rings. The lowest BCUT2D eigenvalue weighted by molar-refractivity contribution is -0.123. The Balaban J connectivity index is 1.42. The van der Waals surface area contributed by atoms with Crippen LogP contribution >= 0.6 is 24.0 Å². The normalized spacial score (nSPS) is 14.4. The van der Waals surface area contributed by atoms with Crippen LogP contribution in [-0.4, -0.2) is 33.7 Å². The Labute approximate surface area is 212 Å². The molecule has 1 saturated heterocycles. The van der Waals surface area contributed by atoms with E-state index in [2.05, 4.69) is 5.43 Å². The summed E-state index contributed by atoms with van der Waals surface area (Å²) in [6.45, 7) is 2.44. The summed E-state index contributed by atoms with van der Waals surface area (Å²) in [5.74, 6) is -0.186. The van der Waals surface area contributed by atoms with Gasteiger partial charge in [0, 0.05) is 17.2 Å². The summed E-state index contributed by atoms with van der Waals surface area (Å²) in [5.41, 5.74) is 4.21. The van der Waals surface area contributed by atoms with Gasteiger partial charge in [-0.25, -0.2) is 4.79 Å². The quantitative estimate of drug-likeness (QED) is 0.188. The smallest absolute Gasteiger partial charge is 0.338 e. The van der Waals surface area contributed by atoms with Crippen LogP contribution in [0.3, 0.4) is 0 Å². The molecule has 1 fully saturated rings. The van der Waals surface area contributed by atoms with Crippen LogP contribution in [-0.2, 0) is 9.53 Å². The lowest BCUT2D eigenvalue weighted by Crippen LogP contribution is -2.44. The second-order valence-corrected chi connectivity index (χ2v) is 9.27. The fourth-order valence-electron chi connectivity index (χ4n) is 3.20. The molecule has 7 nitrogen and oxygen atoms in total. The first-order valence-electron chi connectivity index (χ1n) is 11.0. The molecule has 0 atom stereocenters. The van der Waals surface area contributed by atoms with E-state index in [9.17, 15) is 14.4 Å². The lowest BCUT2D eigenvalue weighted by atomic mass is 10.1. The number of hydrogen-bond acceptors (Lipinski definition) is 7. The number of furan rings is 1. The Bertz CT molecular complexity index is 1280. The van der Waals surface area contributed by atoms with Gasteiger partial charge in [-0.1, -0.05) is 55.4 Å². The summed E-state index contributed by atoms with van der Waals surface area (Å²) in [7, 11) is 0. The highest BCUT2D eigenvalue weighted by Crippen LogP contribution is 2.33. The molecule has 9 heteroatoms. The van der Waals surface area contributed by atoms with Crippen molar-refractivity contribution < 1.29 is 23.5 Å². The minimum atomic E-state index is -0.437. The van der Waals surface area contributed by atoms with Gasteiger partial charge in [0.25, 0.3) is 11.8 Å². The zero-order chi connectivity index (χ0) is 24.8. The minimum Gasteiger partial charge on any atom is -0.462 e. The summed E-state index contributed by atoms with van der Waals surface area (Å²) >= 11 is 6.35. The molecule has 35 heavy (non-hydrogen) atoms. The number of carbonyl (C=O) groups excluding carboxylic acids is 3. The minimum absolute atomic E-state index is 0.221. The van der Waals surface area contributed by atoms with Crippen molar-refractivity contribution >= 4 is 52.2 Å². The molecule has 2 aromatic carbocycles. The van der Waals surface area contributed by atoms with Crippen molar-refractivity contribution in [3.05, 3.63) is 88.5 Å². The van der Waals surface area contributed by atoms with E-state index in [4.69, 9.17) is 21.4 Å². The van der Waals surface area contributed by atoms with E-state index in [0.717, 1.165) is 35.2 Å². The fraction of sp³-hybridized carbons (Fsp3) is 0.154. The van der Waals surface area contributed by atoms with Crippen molar-refractivity contribution in [2.24, 2.45) is 0 Å². The van der Waals surface area contributed by atoms with E-state index in [1.165, 1.54) is 0 Å². The average molecular weight is 507 g/mol. The van der Waals surface area contributed by atoms with E-state index < -0.39 is 11.8 Å². The molecule has 4 rings (SSSR count). The molecule has 0 aliphatic carbocycles. The van der Waals surface area contributed by atoms with Crippen molar-refractivity contribution in [2.75, 3.05) is 6.61 Å². The molecular formula is C26H22N2O5S2. The van der Waals surface area contributed by atoms with Crippen LogP contribution < -0.4 is 5.43 Å². The number of carbonyl (C=O) groups is 3. The highest BCUT2D eigenvalue weighted by Gasteiger charge is 2.34. The van der Waals surface area contributed by atoms with Crippen LogP contribution in [0.2, 0.25) is 0 Å². The van der Waals surface area contributed by atoms with Gasteiger partial charge in [0.15, 0.2) is 4.32 Å². The maximum absolute atomic E-state index is 12.8. The summed E-state index contributed by atoms with van der Waals surface area (Å²) in [4.78, 5) is 37.6. The van der Waals surface area contributed by atoms with Gasteiger partial charge in [-0.05, 0) is 55.0 Å². The predicted molar refractivity (Wildman–Crippen MR) is 138 cm³/mol. The Morgan fingerprint density at radius 2 is 1.80 bits per heavy atom. The average Bonchev–Trinajstić information content (AvgIpc) is 3.45. The largest absolute Gasteiger partial charge is 0.462 e. The number of ether oxygens (including phenoxy) is 1. The molecule has 1 aromatic heterocycles. The number of amides is 2. The number of benzene rings is 2. The van der Waals surface area contributed by atoms with Crippen molar-refractivity contribution in [2.45, 2.75) is 19.8 Å². The summed E-state index contributed by atoms with van der Waals surface area (Å²) < 4.78 is 11.3. The molecule has 1 N–H and O–H groups in total. The fourth-order valence-corrected chi connectivity index (χ4v) is 4.36. The number of thioether (sulfide) groups is 1. The van der Waals surface area contributed by atoms with Gasteiger partial charge in [-0.3, -0.25) is 15.0 Å². The highest BCUT2D eigenvalue weighted by atomic mass is 32.2. The second kappa shape index (κ2) is 11.2. The zero-order valence-corrected chi connectivity index (χ0v) is 20.5. The number of thiocarbonyl (C=S) groups is 1. The molecule has 3 aromatic rings. The number of hydrazine groups is 1. The number of rotatable bonds is 8. The molecule has 1 aliphatic heterocycles. The summed E-state index contributed by atoms with van der Waals surface area (Å²) in [6.07, 6.45) is 3.37. The van der Waals surface area contributed by atoms with Crippen molar-refractivity contribution in [3.8, 4) is 11.3 Å². The molecule has 0 unspecified atom stereocenters. The maximum Gasteiger partial charge on any atom is 0.338 e. The second-order valence-electron chi connectivity index (χ2n) is 7.59. The lowest BCUT2D eigenvalue weighted by Gasteiger charge is -2.15. The van der Waals surface area contributed by atoms with Gasteiger partial charge in [-0.15, -0.1) is 0 Å². The van der Waals surface area contributed by atoms with E-state index >= 15 is 0 Å². The van der Waals surface area contributed by atoms with Gasteiger partial charge in [-0.2, -0.15) is 5.01 Å². The molecule has 178 valence electrons. The molecule has 0 bridgehead atoms. The highest BCUT2D eigenvalue weighted by molar-refractivity contribution is 8.26. The third-order valence-electron chi connectivity index (χ3n) is 5.08. The first-order chi connectivity index (χ1) is 17.0. The molecular weight excluding hydrogens is 484 g/mol. The Morgan fingerprint density at radius 3 is 2.51 bits per heavy atom. The molecule has 0 radical (unpaired) electrons. The van der Waals surface area contributed by atoms with Gasteiger partial charge < -0.3 is 9.15 Å². The van der Waals surface area contributed by atoms with Crippen molar-refractivity contribution in [3.63, 3.8) is 0 Å². The van der Waals surface area contributed by atoms with Crippen LogP contribution in [0.25, 0.3) is 17.4 Å². The molecule has 2 amide bonds. The van der Waals surface area contributed by atoms with E-state index in [1.54, 1.807) is 72.8 Å². The number of nitrogens with zero attached hydrogens (tertiary/aromatic N) is 1. The van der Waals surface area contributed by atoms with Gasteiger partial charge in [0.2, 0.25) is 0 Å². The zero-order valence-electron chi connectivity index (χ0n) is 18.9. The predicted octanol–water partition coefficient (Wildman–Crippen LogP) is 5.45. The van der Waals surface area contributed by atoms with E-state index in [-0.39, 0.29) is 10.3 Å². The van der Waals surface area contributed by atoms with Crippen LogP contribution in [0, 0.1) is 0 Å². The van der Waals surface area contributed by atoms with Gasteiger partial charge in [0.05, 0.1) is 17.1 Å². The van der Waals surface area contributed by atoms with Crippen LogP contribution in [0.15, 0.2) is 76.1 Å². The van der Waals surface area contributed by atoms with Crippen LogP contribution in [0.1, 0.15) is 46.2 Å². The Kier molecular flexibility index (Phi) is 7.79. The van der Waals surface area contributed by atoms with Gasteiger partial charge in [0.1, 0.15) is 11.5 Å². The number of hydrogen-bond donors (Lipinski definition) is 1. The summed E-state index contributed by atoms with van der Waals surface area (Å²) in [6, 6.07) is 19.0. The SMILES string of the molecule is CCCCOC(=O)c1ccc(-c2ccc(/C=C3/SC(=S)N(NC(=O)c4ccccc4)C3=O)o2)cc1. The van der Waals surface area contributed by atoms with Crippen molar-refractivity contribution in [1.82, 2.24) is 10.4 Å². The van der Waals surface area contributed by atoms with E-state index in [1.807, 2.05) is 6.92 Å². The Hall–Kier alpha value is -3.69. The topological polar surface area (TPSA) is 88.9 Å². The number of esters is 1. The first-order valence-corrected chi connectivity index (χ1v) is 12.2.